The van der Waals surface area contributed by atoms with Crippen molar-refractivity contribution in [2.75, 3.05) is 13.1 Å². The zero-order chi connectivity index (χ0) is 9.97. The molecule has 0 spiro atoms. The molecule has 3 heteroatoms. The first kappa shape index (κ1) is 9.59. The summed E-state index contributed by atoms with van der Waals surface area (Å²) in [4.78, 5) is 2.29. The van der Waals surface area contributed by atoms with E-state index < -0.39 is 0 Å². The highest BCUT2D eigenvalue weighted by Gasteiger charge is 2.19. The Morgan fingerprint density at radius 1 is 1.36 bits per heavy atom. The van der Waals surface area contributed by atoms with E-state index in [0.29, 0.717) is 0 Å². The smallest absolute Gasteiger partial charge is 0.0574 e. The molecule has 14 heavy (non-hydrogen) atoms. The standard InChI is InChI=1S/C11H18N2O/c12-10-3-1-2-4-11(10)13-7-5-9(14)6-8-13/h2,4,9,14H,1,3,5-8,12H2. The molecule has 2 aliphatic rings. The van der Waals surface area contributed by atoms with Gasteiger partial charge >= 0.3 is 0 Å². The van der Waals surface area contributed by atoms with Gasteiger partial charge in [-0.25, -0.2) is 0 Å². The van der Waals surface area contributed by atoms with Crippen LogP contribution >= 0.6 is 0 Å². The molecule has 78 valence electrons. The van der Waals surface area contributed by atoms with Gasteiger partial charge in [-0.15, -0.1) is 0 Å². The minimum absolute atomic E-state index is 0.111. The Morgan fingerprint density at radius 3 is 2.71 bits per heavy atom. The molecule has 0 saturated carbocycles. The number of aliphatic hydroxyl groups is 1. The average molecular weight is 194 g/mol. The molecule has 0 radical (unpaired) electrons. The molecule has 3 N–H and O–H groups in total. The molecule has 0 unspecified atom stereocenters. The number of piperidine rings is 1. The van der Waals surface area contributed by atoms with Crippen molar-refractivity contribution in [2.45, 2.75) is 31.8 Å². The second kappa shape index (κ2) is 4.05. The molecule has 3 nitrogen and oxygen atoms in total. The third-order valence-electron chi connectivity index (χ3n) is 2.99. The maximum atomic E-state index is 9.40. The first-order chi connectivity index (χ1) is 6.77. The quantitative estimate of drug-likeness (QED) is 0.653. The number of hydrogen-bond acceptors (Lipinski definition) is 3. The van der Waals surface area contributed by atoms with Crippen molar-refractivity contribution in [3.8, 4) is 0 Å². The Kier molecular flexibility index (Phi) is 2.77. The summed E-state index contributed by atoms with van der Waals surface area (Å²) in [6.07, 6.45) is 7.96. The first-order valence-electron chi connectivity index (χ1n) is 5.35. The van der Waals surface area contributed by atoms with Gasteiger partial charge in [0.05, 0.1) is 11.8 Å². The van der Waals surface area contributed by atoms with E-state index in [9.17, 15) is 5.11 Å². The number of likely N-dealkylation sites (tertiary alicyclic amines) is 1. The molecule has 1 aliphatic carbocycles. The van der Waals surface area contributed by atoms with Crippen LogP contribution in [0.1, 0.15) is 25.7 Å². The van der Waals surface area contributed by atoms with Crippen LogP contribution in [0.15, 0.2) is 23.5 Å². The molecule has 0 aromatic heterocycles. The summed E-state index contributed by atoms with van der Waals surface area (Å²) < 4.78 is 0. The molecule has 0 aromatic rings. The molecular weight excluding hydrogens is 176 g/mol. The van der Waals surface area contributed by atoms with E-state index in [0.717, 1.165) is 44.5 Å². The van der Waals surface area contributed by atoms with Gasteiger partial charge < -0.3 is 15.7 Å². The number of nitrogens with two attached hydrogens (primary N) is 1. The van der Waals surface area contributed by atoms with E-state index in [1.54, 1.807) is 0 Å². The van der Waals surface area contributed by atoms with Crippen LogP contribution < -0.4 is 5.73 Å². The van der Waals surface area contributed by atoms with Gasteiger partial charge in [-0.05, 0) is 31.8 Å². The average Bonchev–Trinajstić information content (AvgIpc) is 2.20. The topological polar surface area (TPSA) is 49.5 Å². The van der Waals surface area contributed by atoms with Crippen molar-refractivity contribution in [2.24, 2.45) is 5.73 Å². The van der Waals surface area contributed by atoms with E-state index in [-0.39, 0.29) is 6.10 Å². The lowest BCUT2D eigenvalue weighted by Gasteiger charge is -2.34. The van der Waals surface area contributed by atoms with Crippen LogP contribution in [0.4, 0.5) is 0 Å². The van der Waals surface area contributed by atoms with Crippen LogP contribution in [0, 0.1) is 0 Å². The Bertz CT molecular complexity index is 262. The van der Waals surface area contributed by atoms with Crippen molar-refractivity contribution in [1.82, 2.24) is 4.90 Å². The minimum Gasteiger partial charge on any atom is -0.400 e. The Labute approximate surface area is 84.9 Å². The molecule has 1 aliphatic heterocycles. The second-order valence-corrected chi connectivity index (χ2v) is 4.07. The number of hydrogen-bond donors (Lipinski definition) is 2. The van der Waals surface area contributed by atoms with Gasteiger partial charge in [-0.1, -0.05) is 6.08 Å². The van der Waals surface area contributed by atoms with Crippen LogP contribution in [0.5, 0.6) is 0 Å². The number of allylic oxidation sites excluding steroid dienone is 3. The lowest BCUT2D eigenvalue weighted by atomic mass is 10.0. The number of nitrogens with zero attached hydrogens (tertiary/aromatic N) is 1. The maximum Gasteiger partial charge on any atom is 0.0574 e. The lowest BCUT2D eigenvalue weighted by molar-refractivity contribution is 0.0979. The normalized spacial score (nSPS) is 24.5. The predicted octanol–water partition coefficient (Wildman–Crippen LogP) is 0.963. The third kappa shape index (κ3) is 1.93. The molecule has 0 atom stereocenters. The summed E-state index contributed by atoms with van der Waals surface area (Å²) in [5.74, 6) is 0. The zero-order valence-corrected chi connectivity index (χ0v) is 8.45. The van der Waals surface area contributed by atoms with Crippen molar-refractivity contribution >= 4 is 0 Å². The summed E-state index contributed by atoms with van der Waals surface area (Å²) in [6, 6.07) is 0. The van der Waals surface area contributed by atoms with Gasteiger partial charge in [0.2, 0.25) is 0 Å². The predicted molar refractivity (Wildman–Crippen MR) is 56.4 cm³/mol. The summed E-state index contributed by atoms with van der Waals surface area (Å²) in [6.45, 7) is 1.86. The Hall–Kier alpha value is -0.960. The summed E-state index contributed by atoms with van der Waals surface area (Å²) in [5, 5.41) is 9.40. The zero-order valence-electron chi connectivity index (χ0n) is 8.45. The second-order valence-electron chi connectivity index (χ2n) is 4.07. The van der Waals surface area contributed by atoms with Gasteiger partial charge in [0.25, 0.3) is 0 Å². The van der Waals surface area contributed by atoms with Crippen molar-refractivity contribution < 1.29 is 5.11 Å². The van der Waals surface area contributed by atoms with E-state index in [1.807, 2.05) is 0 Å². The highest BCUT2D eigenvalue weighted by molar-refractivity contribution is 5.27. The summed E-state index contributed by atoms with van der Waals surface area (Å²) in [5.41, 5.74) is 8.16. The largest absolute Gasteiger partial charge is 0.400 e. The van der Waals surface area contributed by atoms with Gasteiger partial charge in [0, 0.05) is 18.8 Å². The highest BCUT2D eigenvalue weighted by Crippen LogP contribution is 2.22. The fraction of sp³-hybridized carbons (Fsp3) is 0.636. The lowest BCUT2D eigenvalue weighted by Crippen LogP contribution is -2.36. The number of aliphatic hydroxyl groups excluding tert-OH is 1. The van der Waals surface area contributed by atoms with E-state index in [1.165, 1.54) is 5.70 Å². The van der Waals surface area contributed by atoms with Gasteiger partial charge in [-0.3, -0.25) is 0 Å². The molecule has 0 bridgehead atoms. The fourth-order valence-electron chi connectivity index (χ4n) is 2.08. The summed E-state index contributed by atoms with van der Waals surface area (Å²) in [7, 11) is 0. The van der Waals surface area contributed by atoms with Crippen molar-refractivity contribution in [1.29, 1.82) is 0 Å². The van der Waals surface area contributed by atoms with Gasteiger partial charge in [-0.2, -0.15) is 0 Å². The summed E-state index contributed by atoms with van der Waals surface area (Å²) >= 11 is 0. The van der Waals surface area contributed by atoms with Crippen LogP contribution in [0.2, 0.25) is 0 Å². The molecule has 2 rings (SSSR count). The van der Waals surface area contributed by atoms with Gasteiger partial charge in [0.15, 0.2) is 0 Å². The molecule has 1 heterocycles. The van der Waals surface area contributed by atoms with E-state index in [4.69, 9.17) is 5.73 Å². The molecule has 0 aromatic carbocycles. The van der Waals surface area contributed by atoms with E-state index in [2.05, 4.69) is 17.1 Å². The Balaban J connectivity index is 2.04. The minimum atomic E-state index is -0.111. The maximum absolute atomic E-state index is 9.40. The molecular formula is C11H18N2O. The van der Waals surface area contributed by atoms with Gasteiger partial charge in [0.1, 0.15) is 0 Å². The highest BCUT2D eigenvalue weighted by atomic mass is 16.3. The van der Waals surface area contributed by atoms with Crippen LogP contribution in [0.25, 0.3) is 0 Å². The monoisotopic (exact) mass is 194 g/mol. The Morgan fingerprint density at radius 2 is 2.07 bits per heavy atom. The fourth-order valence-corrected chi connectivity index (χ4v) is 2.08. The van der Waals surface area contributed by atoms with Crippen molar-refractivity contribution in [3.63, 3.8) is 0 Å². The first-order valence-corrected chi connectivity index (χ1v) is 5.35. The van der Waals surface area contributed by atoms with Crippen LogP contribution in [0.3, 0.4) is 0 Å². The molecule has 0 amide bonds. The van der Waals surface area contributed by atoms with Crippen molar-refractivity contribution in [3.05, 3.63) is 23.5 Å². The molecule has 1 fully saturated rings. The van der Waals surface area contributed by atoms with Crippen LogP contribution in [-0.2, 0) is 0 Å². The SMILES string of the molecule is NC1=C(N2CCC(O)CC2)C=CCC1. The third-order valence-corrected chi connectivity index (χ3v) is 2.99. The molecule has 1 saturated heterocycles. The number of rotatable bonds is 1. The van der Waals surface area contributed by atoms with Crippen LogP contribution in [-0.4, -0.2) is 29.2 Å². The van der Waals surface area contributed by atoms with E-state index >= 15 is 0 Å².